The Balaban J connectivity index is 1.35. The molecule has 3 amide bonds. The maximum absolute atomic E-state index is 13.7. The fourth-order valence-corrected chi connectivity index (χ4v) is 5.76. The maximum Gasteiger partial charge on any atom is 0.259 e. The Morgan fingerprint density at radius 2 is 1.64 bits per heavy atom. The van der Waals surface area contributed by atoms with Gasteiger partial charge in [-0.05, 0) is 114 Å². The van der Waals surface area contributed by atoms with Crippen LogP contribution in [0.4, 0.5) is 11.4 Å². The molecule has 50 heavy (non-hydrogen) atoms. The lowest BCUT2D eigenvalue weighted by molar-refractivity contribution is -0.127. The minimum atomic E-state index is -0.369. The summed E-state index contributed by atoms with van der Waals surface area (Å²) in [6.07, 6.45) is 7.65. The molecule has 0 spiro atoms. The molecule has 0 bridgehead atoms. The number of carbonyl (C=O) groups is 3. The Morgan fingerprint density at radius 3 is 2.36 bits per heavy atom. The molecule has 4 rings (SSSR count). The monoisotopic (exact) mass is 685 g/mol. The van der Waals surface area contributed by atoms with Crippen molar-refractivity contribution >= 4 is 29.1 Å². The fourth-order valence-electron chi connectivity index (χ4n) is 5.76. The van der Waals surface area contributed by atoms with Crippen molar-refractivity contribution in [2.45, 2.75) is 45.1 Å². The van der Waals surface area contributed by atoms with E-state index in [1.807, 2.05) is 36.1 Å². The number of piperidine rings is 1. The van der Waals surface area contributed by atoms with Gasteiger partial charge in [0.05, 0.1) is 37.3 Å². The number of methoxy groups -OCH3 is 1. The summed E-state index contributed by atoms with van der Waals surface area (Å²) >= 11 is 0. The second-order valence-electron chi connectivity index (χ2n) is 12.6. The normalized spacial score (nSPS) is 13.4. The zero-order valence-electron chi connectivity index (χ0n) is 29.9. The average molecular weight is 686 g/mol. The van der Waals surface area contributed by atoms with Crippen LogP contribution < -0.4 is 30.2 Å². The van der Waals surface area contributed by atoms with Gasteiger partial charge in [-0.3, -0.25) is 14.4 Å². The number of hydrogen-bond acceptors (Lipinski definition) is 8. The molecule has 268 valence electrons. The van der Waals surface area contributed by atoms with Gasteiger partial charge >= 0.3 is 0 Å². The van der Waals surface area contributed by atoms with Crippen molar-refractivity contribution in [3.8, 4) is 17.2 Å². The molecule has 0 saturated carbocycles. The van der Waals surface area contributed by atoms with E-state index in [0.29, 0.717) is 84.8 Å². The van der Waals surface area contributed by atoms with Crippen molar-refractivity contribution in [1.82, 2.24) is 9.80 Å². The molecule has 0 unspecified atom stereocenters. The van der Waals surface area contributed by atoms with E-state index in [-0.39, 0.29) is 17.7 Å². The van der Waals surface area contributed by atoms with Gasteiger partial charge in [-0.1, -0.05) is 24.3 Å². The molecular formula is C39H51N5O6. The zero-order valence-corrected chi connectivity index (χ0v) is 29.9. The first-order valence-corrected chi connectivity index (χ1v) is 17.2. The molecule has 11 nitrogen and oxygen atoms in total. The molecule has 3 N–H and O–H groups in total. The van der Waals surface area contributed by atoms with E-state index < -0.39 is 0 Å². The first kappa shape index (κ1) is 37.9. The van der Waals surface area contributed by atoms with E-state index >= 15 is 0 Å². The zero-order chi connectivity index (χ0) is 36.0. The topological polar surface area (TPSA) is 127 Å². The van der Waals surface area contributed by atoms with E-state index in [2.05, 4.69) is 24.3 Å². The summed E-state index contributed by atoms with van der Waals surface area (Å²) in [5.74, 6) is 0.804. The summed E-state index contributed by atoms with van der Waals surface area (Å²) in [7, 11) is 7.35. The van der Waals surface area contributed by atoms with Gasteiger partial charge in [0.2, 0.25) is 5.91 Å². The van der Waals surface area contributed by atoms with Gasteiger partial charge < -0.3 is 40.0 Å². The summed E-state index contributed by atoms with van der Waals surface area (Å²) in [5, 5.41) is 2.88. The van der Waals surface area contributed by atoms with Gasteiger partial charge in [0.25, 0.3) is 11.8 Å². The largest absolute Gasteiger partial charge is 0.495 e. The van der Waals surface area contributed by atoms with Crippen molar-refractivity contribution in [1.29, 1.82) is 0 Å². The van der Waals surface area contributed by atoms with Gasteiger partial charge in [0, 0.05) is 31.7 Å². The van der Waals surface area contributed by atoms with Crippen LogP contribution >= 0.6 is 0 Å². The van der Waals surface area contributed by atoms with Crippen molar-refractivity contribution in [3.05, 3.63) is 89.5 Å². The molecular weight excluding hydrogens is 634 g/mol. The van der Waals surface area contributed by atoms with E-state index in [1.54, 1.807) is 55.6 Å². The Morgan fingerprint density at radius 1 is 0.920 bits per heavy atom. The summed E-state index contributed by atoms with van der Waals surface area (Å²) in [6.45, 7) is 4.85. The second kappa shape index (κ2) is 18.8. The smallest absolute Gasteiger partial charge is 0.259 e. The number of benzene rings is 3. The van der Waals surface area contributed by atoms with Gasteiger partial charge in [-0.25, -0.2) is 0 Å². The number of nitrogens with zero attached hydrogens (tertiary/aromatic N) is 3. The SMILES string of the molecule is COc1cc(C(=O)N(C)c2ccc(C)cc2OCCC/C=C/C(=O)N2CCC(N(C)C)CC2)ccc1NC(=O)c1ccccc1OCCCN. The number of aryl methyl sites for hydroxylation is 1. The number of ether oxygens (including phenoxy) is 3. The minimum Gasteiger partial charge on any atom is -0.495 e. The number of nitrogens with one attached hydrogen (secondary N) is 1. The molecule has 0 atom stereocenters. The number of para-hydroxylation sites is 1. The molecule has 1 heterocycles. The Labute approximate surface area is 296 Å². The predicted octanol–water partition coefficient (Wildman–Crippen LogP) is 5.53. The number of amides is 3. The van der Waals surface area contributed by atoms with E-state index in [9.17, 15) is 14.4 Å². The van der Waals surface area contributed by atoms with Crippen LogP contribution in [-0.4, -0.2) is 94.7 Å². The highest BCUT2D eigenvalue weighted by molar-refractivity contribution is 6.09. The minimum absolute atomic E-state index is 0.0604. The van der Waals surface area contributed by atoms with Crippen LogP contribution in [0, 0.1) is 6.92 Å². The lowest BCUT2D eigenvalue weighted by atomic mass is 10.0. The number of rotatable bonds is 16. The lowest BCUT2D eigenvalue weighted by Crippen LogP contribution is -2.43. The van der Waals surface area contributed by atoms with E-state index in [4.69, 9.17) is 19.9 Å². The number of likely N-dealkylation sites (tertiary alicyclic amines) is 1. The number of anilines is 2. The van der Waals surface area contributed by atoms with Gasteiger partial charge in [0.1, 0.15) is 17.2 Å². The second-order valence-corrected chi connectivity index (χ2v) is 12.6. The van der Waals surface area contributed by atoms with Crippen molar-refractivity contribution in [3.63, 3.8) is 0 Å². The van der Waals surface area contributed by atoms with Crippen LogP contribution in [0.5, 0.6) is 17.2 Å². The molecule has 3 aromatic rings. The van der Waals surface area contributed by atoms with E-state index in [1.165, 1.54) is 12.0 Å². The van der Waals surface area contributed by atoms with Gasteiger partial charge in [0.15, 0.2) is 0 Å². The number of hydrogen-bond donors (Lipinski definition) is 2. The third-order valence-electron chi connectivity index (χ3n) is 8.76. The summed E-state index contributed by atoms with van der Waals surface area (Å²) in [4.78, 5) is 45.2. The third kappa shape index (κ3) is 10.3. The number of unbranched alkanes of at least 4 members (excludes halogenated alkanes) is 1. The quantitative estimate of drug-likeness (QED) is 0.149. The predicted molar refractivity (Wildman–Crippen MR) is 198 cm³/mol. The number of allylic oxidation sites excluding steroid dienone is 1. The molecule has 1 fully saturated rings. The van der Waals surface area contributed by atoms with Gasteiger partial charge in [-0.15, -0.1) is 0 Å². The van der Waals surface area contributed by atoms with Crippen LogP contribution in [0.2, 0.25) is 0 Å². The standard InChI is InChI=1S/C39H51N5O6/c1-28-15-18-33(36(26-28)50-24-10-6-7-14-37(45)44-22-19-30(20-23-44)42(2)3)43(4)39(47)29-16-17-32(35(27-29)48-5)41-38(46)31-12-8-9-13-34(31)49-25-11-21-40/h7-9,12-18,26-27,30H,6,10-11,19-25,40H2,1-5H3,(H,41,46)/b14-7+. The van der Waals surface area contributed by atoms with E-state index in [0.717, 1.165) is 31.5 Å². The molecule has 1 aliphatic rings. The molecule has 3 aromatic carbocycles. The van der Waals surface area contributed by atoms with Crippen LogP contribution in [0.3, 0.4) is 0 Å². The average Bonchev–Trinajstić information content (AvgIpc) is 3.12. The number of carbonyl (C=O) groups excluding carboxylic acids is 3. The highest BCUT2D eigenvalue weighted by Gasteiger charge is 2.23. The highest BCUT2D eigenvalue weighted by Crippen LogP contribution is 2.32. The Bertz CT molecular complexity index is 1630. The first-order valence-electron chi connectivity index (χ1n) is 17.2. The molecule has 1 aliphatic heterocycles. The molecule has 11 heteroatoms. The third-order valence-corrected chi connectivity index (χ3v) is 8.76. The molecule has 1 saturated heterocycles. The van der Waals surface area contributed by atoms with Crippen molar-refractivity contribution in [2.24, 2.45) is 5.73 Å². The van der Waals surface area contributed by atoms with Crippen LogP contribution in [0.15, 0.2) is 72.8 Å². The van der Waals surface area contributed by atoms with Crippen LogP contribution in [0.1, 0.15) is 58.4 Å². The van der Waals surface area contributed by atoms with Crippen molar-refractivity contribution < 1.29 is 28.6 Å². The molecule has 0 aromatic heterocycles. The fraction of sp³-hybridized carbons (Fsp3) is 0.410. The molecule has 0 aliphatic carbocycles. The van der Waals surface area contributed by atoms with Crippen LogP contribution in [0.25, 0.3) is 0 Å². The summed E-state index contributed by atoms with van der Waals surface area (Å²) in [5.41, 5.74) is 8.36. The number of nitrogens with two attached hydrogens (primary N) is 1. The Kier molecular flexibility index (Phi) is 14.2. The van der Waals surface area contributed by atoms with Crippen molar-refractivity contribution in [2.75, 3.05) is 71.3 Å². The maximum atomic E-state index is 13.7. The highest BCUT2D eigenvalue weighted by atomic mass is 16.5. The van der Waals surface area contributed by atoms with Crippen LogP contribution in [-0.2, 0) is 4.79 Å². The summed E-state index contributed by atoms with van der Waals surface area (Å²) < 4.78 is 17.5. The Hall–Kier alpha value is -4.87. The molecule has 0 radical (unpaired) electrons. The first-order chi connectivity index (χ1) is 24.1. The van der Waals surface area contributed by atoms with Gasteiger partial charge in [-0.2, -0.15) is 0 Å². The summed E-state index contributed by atoms with van der Waals surface area (Å²) in [6, 6.07) is 18.1. The lowest BCUT2D eigenvalue weighted by Gasteiger charge is -2.34.